The largest absolute Gasteiger partial charge is 0.508 e. The van der Waals surface area contributed by atoms with Gasteiger partial charge in [-0.2, -0.15) is 0 Å². The molecule has 172 valence electrons. The van der Waals surface area contributed by atoms with Crippen LogP contribution in [0.2, 0.25) is 0 Å². The van der Waals surface area contributed by atoms with E-state index in [0.29, 0.717) is 5.92 Å². The maximum Gasteiger partial charge on any atom is 0.321 e. The van der Waals surface area contributed by atoms with Crippen molar-refractivity contribution in [2.24, 2.45) is 10.9 Å². The van der Waals surface area contributed by atoms with E-state index in [1.165, 1.54) is 5.56 Å². The molecule has 0 aromatic heterocycles. The number of rotatable bonds is 7. The zero-order chi connectivity index (χ0) is 23.1. The number of nitrogens with one attached hydrogen (secondary N) is 1. The van der Waals surface area contributed by atoms with Crippen LogP contribution in [-0.2, 0) is 6.42 Å². The number of likely N-dealkylation sites (N-methyl/N-ethyl adjacent to an activating group) is 2. The number of phenols is 1. The van der Waals surface area contributed by atoms with Crippen LogP contribution in [0.25, 0.3) is 0 Å². The van der Waals surface area contributed by atoms with Crippen molar-refractivity contribution in [3.05, 3.63) is 59.7 Å². The molecule has 2 aromatic carbocycles. The molecule has 0 spiro atoms. The van der Waals surface area contributed by atoms with Gasteiger partial charge in [0.2, 0.25) is 0 Å². The van der Waals surface area contributed by atoms with Crippen molar-refractivity contribution >= 4 is 17.9 Å². The van der Waals surface area contributed by atoms with Gasteiger partial charge in [-0.25, -0.2) is 4.79 Å². The molecule has 1 fully saturated rings. The Morgan fingerprint density at radius 1 is 1.22 bits per heavy atom. The number of carbonyl (C=O) groups excluding carboxylic acids is 1. The lowest BCUT2D eigenvalue weighted by Gasteiger charge is -2.48. The number of nitrogens with zero attached hydrogens (tertiary/aromatic N) is 3. The molecule has 0 aliphatic carbocycles. The second kappa shape index (κ2) is 11.1. The molecule has 6 heteroatoms. The first-order valence-corrected chi connectivity index (χ1v) is 11.5. The average Bonchev–Trinajstić information content (AvgIpc) is 2.79. The van der Waals surface area contributed by atoms with E-state index in [0.717, 1.165) is 43.5 Å². The zero-order valence-corrected chi connectivity index (χ0v) is 19.7. The quantitative estimate of drug-likeness (QED) is 0.622. The van der Waals surface area contributed by atoms with E-state index in [-0.39, 0.29) is 23.9 Å². The summed E-state index contributed by atoms with van der Waals surface area (Å²) >= 11 is 0. The van der Waals surface area contributed by atoms with Crippen LogP contribution < -0.4 is 5.32 Å². The van der Waals surface area contributed by atoms with E-state index in [9.17, 15) is 9.90 Å². The number of benzene rings is 2. The lowest BCUT2D eigenvalue weighted by atomic mass is 9.80. The molecule has 0 radical (unpaired) electrons. The van der Waals surface area contributed by atoms with Gasteiger partial charge in [0.15, 0.2) is 0 Å². The Hall–Kier alpha value is -2.86. The summed E-state index contributed by atoms with van der Waals surface area (Å²) < 4.78 is 0. The van der Waals surface area contributed by atoms with Crippen molar-refractivity contribution in [3.8, 4) is 5.75 Å². The third kappa shape index (κ3) is 5.88. The van der Waals surface area contributed by atoms with E-state index >= 15 is 0 Å². The summed E-state index contributed by atoms with van der Waals surface area (Å²) in [6, 6.07) is 15.4. The summed E-state index contributed by atoms with van der Waals surface area (Å²) in [5.41, 5.74) is 2.95. The highest BCUT2D eigenvalue weighted by atomic mass is 16.3. The van der Waals surface area contributed by atoms with Gasteiger partial charge in [0.1, 0.15) is 5.75 Å². The highest BCUT2D eigenvalue weighted by molar-refractivity contribution is 5.90. The molecule has 1 aliphatic rings. The number of aromatic hydroxyl groups is 1. The first kappa shape index (κ1) is 23.8. The SMILES string of the molecule is CCCC1CCN(C)C(Cc2ccc(O)cc2)C1N(C)C(=O)Nc1ccc(C=NC)cc1. The number of likely N-dealkylation sites (tertiary alicyclic amines) is 1. The molecule has 3 atom stereocenters. The normalized spacial score (nSPS) is 21.6. The van der Waals surface area contributed by atoms with E-state index in [1.807, 2.05) is 48.3 Å². The average molecular weight is 437 g/mol. The molecule has 1 heterocycles. The van der Waals surface area contributed by atoms with Gasteiger partial charge in [0.25, 0.3) is 0 Å². The van der Waals surface area contributed by atoms with Gasteiger partial charge in [0, 0.05) is 32.0 Å². The highest BCUT2D eigenvalue weighted by Gasteiger charge is 2.40. The second-order valence-corrected chi connectivity index (χ2v) is 8.80. The van der Waals surface area contributed by atoms with Crippen molar-refractivity contribution in [2.45, 2.75) is 44.7 Å². The Labute approximate surface area is 192 Å². The van der Waals surface area contributed by atoms with Crippen LogP contribution >= 0.6 is 0 Å². The number of phenolic OH excluding ortho intramolecular Hbond substituents is 1. The number of hydrogen-bond donors (Lipinski definition) is 2. The number of hydrogen-bond acceptors (Lipinski definition) is 4. The van der Waals surface area contributed by atoms with Crippen molar-refractivity contribution in [3.63, 3.8) is 0 Å². The van der Waals surface area contributed by atoms with Crippen molar-refractivity contribution in [1.29, 1.82) is 0 Å². The van der Waals surface area contributed by atoms with Crippen LogP contribution in [0.5, 0.6) is 5.75 Å². The lowest BCUT2D eigenvalue weighted by Crippen LogP contribution is -2.60. The third-order valence-corrected chi connectivity index (χ3v) is 6.54. The van der Waals surface area contributed by atoms with Crippen molar-refractivity contribution < 1.29 is 9.90 Å². The Kier molecular flexibility index (Phi) is 8.28. The predicted octanol–water partition coefficient (Wildman–Crippen LogP) is 4.64. The van der Waals surface area contributed by atoms with E-state index < -0.39 is 0 Å². The summed E-state index contributed by atoms with van der Waals surface area (Å²) in [5.74, 6) is 0.732. The lowest BCUT2D eigenvalue weighted by molar-refractivity contribution is 0.0416. The van der Waals surface area contributed by atoms with E-state index in [4.69, 9.17) is 0 Å². The maximum atomic E-state index is 13.3. The molecule has 32 heavy (non-hydrogen) atoms. The highest BCUT2D eigenvalue weighted by Crippen LogP contribution is 2.32. The molecule has 2 aromatic rings. The first-order valence-electron chi connectivity index (χ1n) is 11.5. The molecule has 0 bridgehead atoms. The van der Waals surface area contributed by atoms with Crippen molar-refractivity contribution in [2.75, 3.05) is 33.0 Å². The molecule has 2 N–H and O–H groups in total. The number of piperidine rings is 1. The minimum absolute atomic E-state index is 0.0842. The fourth-order valence-corrected chi connectivity index (χ4v) is 4.84. The zero-order valence-electron chi connectivity index (χ0n) is 19.7. The summed E-state index contributed by atoms with van der Waals surface area (Å²) in [5, 5.41) is 12.7. The summed E-state index contributed by atoms with van der Waals surface area (Å²) in [6.07, 6.45) is 5.92. The molecular formula is C26H36N4O2. The fraction of sp³-hybridized carbons (Fsp3) is 0.462. The third-order valence-electron chi connectivity index (χ3n) is 6.54. The van der Waals surface area contributed by atoms with Crippen LogP contribution in [-0.4, -0.2) is 66.9 Å². The Balaban J connectivity index is 1.80. The second-order valence-electron chi connectivity index (χ2n) is 8.80. The Bertz CT molecular complexity index is 895. The van der Waals surface area contributed by atoms with Crippen LogP contribution in [0.1, 0.15) is 37.3 Å². The van der Waals surface area contributed by atoms with Crippen LogP contribution in [0, 0.1) is 5.92 Å². The van der Waals surface area contributed by atoms with Gasteiger partial charge < -0.3 is 20.2 Å². The fourth-order valence-electron chi connectivity index (χ4n) is 4.84. The monoisotopic (exact) mass is 436 g/mol. The van der Waals surface area contributed by atoms with Crippen LogP contribution in [0.4, 0.5) is 10.5 Å². The van der Waals surface area contributed by atoms with E-state index in [1.54, 1.807) is 25.4 Å². The molecule has 1 aliphatic heterocycles. The van der Waals surface area contributed by atoms with Gasteiger partial charge in [-0.15, -0.1) is 0 Å². The van der Waals surface area contributed by atoms with Crippen LogP contribution in [0.3, 0.4) is 0 Å². The number of amides is 2. The number of anilines is 1. The topological polar surface area (TPSA) is 68.2 Å². The smallest absolute Gasteiger partial charge is 0.321 e. The number of aliphatic imine (C=N–C) groups is 1. The minimum atomic E-state index is -0.0842. The molecule has 1 saturated heterocycles. The van der Waals surface area contributed by atoms with Crippen LogP contribution in [0.15, 0.2) is 53.5 Å². The Morgan fingerprint density at radius 2 is 1.91 bits per heavy atom. The molecule has 3 rings (SSSR count). The van der Waals surface area contributed by atoms with Gasteiger partial charge >= 0.3 is 6.03 Å². The van der Waals surface area contributed by atoms with Gasteiger partial charge in [-0.1, -0.05) is 37.6 Å². The minimum Gasteiger partial charge on any atom is -0.508 e. The standard InChI is InChI=1S/C26H36N4O2/c1-5-6-21-15-16-29(3)24(17-19-9-13-23(31)14-10-19)25(21)30(4)26(32)28-22-11-7-20(8-12-22)18-27-2/h7-14,18,21,24-25,31H,5-6,15-17H2,1-4H3,(H,28,32). The maximum absolute atomic E-state index is 13.3. The molecule has 6 nitrogen and oxygen atoms in total. The first-order chi connectivity index (χ1) is 15.4. The van der Waals surface area contributed by atoms with Crippen molar-refractivity contribution in [1.82, 2.24) is 9.80 Å². The van der Waals surface area contributed by atoms with Gasteiger partial charge in [-0.05, 0) is 74.2 Å². The van der Waals surface area contributed by atoms with E-state index in [2.05, 4.69) is 29.2 Å². The number of carbonyl (C=O) groups is 1. The van der Waals surface area contributed by atoms with Gasteiger partial charge in [0.05, 0.1) is 6.04 Å². The molecular weight excluding hydrogens is 400 g/mol. The molecule has 3 unspecified atom stereocenters. The summed E-state index contributed by atoms with van der Waals surface area (Å²) in [6.45, 7) is 3.24. The summed E-state index contributed by atoms with van der Waals surface area (Å²) in [4.78, 5) is 21.6. The predicted molar refractivity (Wildman–Crippen MR) is 132 cm³/mol. The molecule has 2 amide bonds. The molecule has 0 saturated carbocycles. The van der Waals surface area contributed by atoms with Gasteiger partial charge in [-0.3, -0.25) is 4.99 Å². The number of urea groups is 1. The Morgan fingerprint density at radius 3 is 2.53 bits per heavy atom. The summed E-state index contributed by atoms with van der Waals surface area (Å²) in [7, 11) is 5.82.